The Labute approximate surface area is 156 Å². The molecule has 1 atom stereocenters. The minimum atomic E-state index is -4.38. The number of carbonyl (C=O) groups is 1. The van der Waals surface area contributed by atoms with E-state index in [2.05, 4.69) is 20.8 Å². The number of thiazole rings is 1. The summed E-state index contributed by atoms with van der Waals surface area (Å²) < 4.78 is 38.5. The van der Waals surface area contributed by atoms with Gasteiger partial charge in [0, 0.05) is 0 Å². The van der Waals surface area contributed by atoms with Crippen LogP contribution in [0.25, 0.3) is 10.2 Å². The maximum Gasteiger partial charge on any atom is 0.416 e. The number of alkyl halides is 3. The van der Waals surface area contributed by atoms with Crippen molar-refractivity contribution >= 4 is 38.8 Å². The molecule has 0 spiro atoms. The number of fused-ring (bicyclic) bond motifs is 1. The molecule has 1 amide bonds. The second-order valence-electron chi connectivity index (χ2n) is 5.71. The zero-order valence-electron chi connectivity index (χ0n) is 14.1. The van der Waals surface area contributed by atoms with E-state index < -0.39 is 23.7 Å². The number of nitrogens with one attached hydrogen (secondary N) is 2. The molecule has 0 fully saturated rings. The number of carbonyl (C=O) groups excluding carboxylic acids is 1. The normalized spacial score (nSPS) is 13.0. The molecule has 2 N–H and O–H groups in total. The third-order valence-corrected chi connectivity index (χ3v) is 4.62. The largest absolute Gasteiger partial charge is 0.416 e. The van der Waals surface area contributed by atoms with Crippen LogP contribution in [-0.2, 0) is 11.0 Å². The first-order chi connectivity index (χ1) is 12.8. The van der Waals surface area contributed by atoms with Gasteiger partial charge in [0.15, 0.2) is 5.13 Å². The molecular weight excluding hydrogens is 377 g/mol. The van der Waals surface area contributed by atoms with E-state index in [1.165, 1.54) is 29.7 Å². The van der Waals surface area contributed by atoms with Crippen LogP contribution in [0.3, 0.4) is 0 Å². The molecule has 140 valence electrons. The SMILES string of the molecule is C[C@H](Nc1nc2ccccc2s1)C(=O)N/N=C\c1ccc(C(F)(F)F)cc1. The summed E-state index contributed by atoms with van der Waals surface area (Å²) >= 11 is 1.43. The molecule has 0 aliphatic rings. The van der Waals surface area contributed by atoms with Gasteiger partial charge in [-0.05, 0) is 36.8 Å². The second kappa shape index (κ2) is 7.75. The Kier molecular flexibility index (Phi) is 5.41. The third kappa shape index (κ3) is 4.82. The first kappa shape index (κ1) is 18.8. The van der Waals surface area contributed by atoms with Crippen molar-refractivity contribution in [1.82, 2.24) is 10.4 Å². The predicted octanol–water partition coefficient (Wildman–Crippen LogP) is 4.27. The van der Waals surface area contributed by atoms with Crippen LogP contribution in [0.15, 0.2) is 53.6 Å². The number of aromatic nitrogens is 1. The quantitative estimate of drug-likeness (QED) is 0.504. The van der Waals surface area contributed by atoms with E-state index in [4.69, 9.17) is 0 Å². The second-order valence-corrected chi connectivity index (χ2v) is 6.74. The lowest BCUT2D eigenvalue weighted by Gasteiger charge is -2.10. The Morgan fingerprint density at radius 2 is 1.89 bits per heavy atom. The summed E-state index contributed by atoms with van der Waals surface area (Å²) in [5.74, 6) is -0.391. The highest BCUT2D eigenvalue weighted by molar-refractivity contribution is 7.22. The Morgan fingerprint density at radius 3 is 2.56 bits per heavy atom. The fourth-order valence-corrected chi connectivity index (χ4v) is 3.16. The van der Waals surface area contributed by atoms with Gasteiger partial charge in [0.05, 0.1) is 22.0 Å². The zero-order valence-corrected chi connectivity index (χ0v) is 14.9. The molecule has 2 aromatic carbocycles. The maximum absolute atomic E-state index is 12.5. The maximum atomic E-state index is 12.5. The van der Waals surface area contributed by atoms with E-state index in [9.17, 15) is 18.0 Å². The Morgan fingerprint density at radius 1 is 1.19 bits per heavy atom. The topological polar surface area (TPSA) is 66.4 Å². The van der Waals surface area contributed by atoms with Crippen LogP contribution in [-0.4, -0.2) is 23.1 Å². The molecule has 0 saturated carbocycles. The number of benzene rings is 2. The Hall–Kier alpha value is -2.94. The number of hydrogen-bond acceptors (Lipinski definition) is 5. The van der Waals surface area contributed by atoms with Crippen LogP contribution in [0.5, 0.6) is 0 Å². The van der Waals surface area contributed by atoms with Gasteiger partial charge < -0.3 is 5.32 Å². The smallest absolute Gasteiger partial charge is 0.350 e. The van der Waals surface area contributed by atoms with Crippen molar-refractivity contribution in [1.29, 1.82) is 0 Å². The molecule has 0 radical (unpaired) electrons. The van der Waals surface area contributed by atoms with Gasteiger partial charge >= 0.3 is 6.18 Å². The van der Waals surface area contributed by atoms with E-state index in [1.807, 2.05) is 24.3 Å². The molecule has 5 nitrogen and oxygen atoms in total. The van der Waals surface area contributed by atoms with E-state index in [0.29, 0.717) is 10.7 Å². The summed E-state index contributed by atoms with van der Waals surface area (Å²) in [7, 11) is 0. The number of amides is 1. The fraction of sp³-hybridized carbons (Fsp3) is 0.167. The number of nitrogens with zero attached hydrogens (tertiary/aromatic N) is 2. The minimum Gasteiger partial charge on any atom is -0.350 e. The summed E-state index contributed by atoms with van der Waals surface area (Å²) in [5, 5.41) is 7.39. The standard InChI is InChI=1S/C18H15F3N4OS/c1-11(23-17-24-14-4-2-3-5-15(14)27-17)16(26)25-22-10-12-6-8-13(9-7-12)18(19,20)21/h2-11H,1H3,(H,23,24)(H,25,26)/b22-10-/t11-/m0/s1. The van der Waals surface area contributed by atoms with Crippen LogP contribution in [0.4, 0.5) is 18.3 Å². The number of para-hydroxylation sites is 1. The molecule has 1 heterocycles. The number of halogens is 3. The highest BCUT2D eigenvalue weighted by Crippen LogP contribution is 2.29. The number of hydrazone groups is 1. The first-order valence-corrected chi connectivity index (χ1v) is 8.77. The van der Waals surface area contributed by atoms with Gasteiger partial charge in [-0.2, -0.15) is 18.3 Å². The van der Waals surface area contributed by atoms with Crippen molar-refractivity contribution in [3.63, 3.8) is 0 Å². The summed E-state index contributed by atoms with van der Waals surface area (Å²) in [5.41, 5.74) is 2.90. The Bertz CT molecular complexity index is 934. The number of hydrogen-bond donors (Lipinski definition) is 2. The van der Waals surface area contributed by atoms with Crippen molar-refractivity contribution in [3.05, 3.63) is 59.7 Å². The van der Waals surface area contributed by atoms with Gasteiger partial charge in [-0.15, -0.1) is 0 Å². The molecule has 9 heteroatoms. The van der Waals surface area contributed by atoms with E-state index in [-0.39, 0.29) is 0 Å². The van der Waals surface area contributed by atoms with E-state index in [0.717, 1.165) is 22.3 Å². The molecule has 0 saturated heterocycles. The van der Waals surface area contributed by atoms with Crippen molar-refractivity contribution in [2.45, 2.75) is 19.1 Å². The van der Waals surface area contributed by atoms with Crippen LogP contribution in [0.2, 0.25) is 0 Å². The van der Waals surface area contributed by atoms with Crippen molar-refractivity contribution in [3.8, 4) is 0 Å². The van der Waals surface area contributed by atoms with Crippen LogP contribution < -0.4 is 10.7 Å². The van der Waals surface area contributed by atoms with Crippen molar-refractivity contribution in [2.75, 3.05) is 5.32 Å². The van der Waals surface area contributed by atoms with Crippen LogP contribution in [0, 0.1) is 0 Å². The van der Waals surface area contributed by atoms with Gasteiger partial charge in [-0.1, -0.05) is 35.6 Å². The van der Waals surface area contributed by atoms with E-state index in [1.54, 1.807) is 6.92 Å². The van der Waals surface area contributed by atoms with Crippen molar-refractivity contribution < 1.29 is 18.0 Å². The molecular formula is C18H15F3N4OS. The average molecular weight is 392 g/mol. The number of rotatable bonds is 5. The first-order valence-electron chi connectivity index (χ1n) is 7.95. The summed E-state index contributed by atoms with van der Waals surface area (Å²) in [6.45, 7) is 1.66. The molecule has 27 heavy (non-hydrogen) atoms. The lowest BCUT2D eigenvalue weighted by atomic mass is 10.1. The highest BCUT2D eigenvalue weighted by Gasteiger charge is 2.29. The molecule has 3 rings (SSSR count). The molecule has 0 aliphatic carbocycles. The van der Waals surface area contributed by atoms with E-state index >= 15 is 0 Å². The summed E-state index contributed by atoms with van der Waals surface area (Å²) in [6, 6.07) is 11.5. The molecule has 0 unspecified atom stereocenters. The summed E-state index contributed by atoms with van der Waals surface area (Å²) in [4.78, 5) is 16.5. The predicted molar refractivity (Wildman–Crippen MR) is 99.9 cm³/mol. The molecule has 3 aromatic rings. The van der Waals surface area contributed by atoms with Gasteiger partial charge in [0.1, 0.15) is 6.04 Å². The lowest BCUT2D eigenvalue weighted by Crippen LogP contribution is -2.34. The number of anilines is 1. The van der Waals surface area contributed by atoms with Gasteiger partial charge in [0.2, 0.25) is 0 Å². The molecule has 0 bridgehead atoms. The monoisotopic (exact) mass is 392 g/mol. The molecule has 0 aliphatic heterocycles. The van der Waals surface area contributed by atoms with Crippen molar-refractivity contribution in [2.24, 2.45) is 5.10 Å². The average Bonchev–Trinajstić information content (AvgIpc) is 3.03. The lowest BCUT2D eigenvalue weighted by molar-refractivity contribution is -0.137. The van der Waals surface area contributed by atoms with Gasteiger partial charge in [-0.25, -0.2) is 10.4 Å². The third-order valence-electron chi connectivity index (χ3n) is 3.65. The fourth-order valence-electron chi connectivity index (χ4n) is 2.21. The minimum absolute atomic E-state index is 0.391. The Balaban J connectivity index is 1.55. The zero-order chi connectivity index (χ0) is 19.4. The van der Waals surface area contributed by atoms with Gasteiger partial charge in [0.25, 0.3) is 5.91 Å². The highest BCUT2D eigenvalue weighted by atomic mass is 32.1. The van der Waals surface area contributed by atoms with Crippen LogP contribution in [0.1, 0.15) is 18.1 Å². The summed E-state index contributed by atoms with van der Waals surface area (Å²) in [6.07, 6.45) is -3.10. The van der Waals surface area contributed by atoms with Crippen LogP contribution >= 0.6 is 11.3 Å². The molecule has 1 aromatic heterocycles. The van der Waals surface area contributed by atoms with Gasteiger partial charge in [-0.3, -0.25) is 4.79 Å².